The van der Waals surface area contributed by atoms with Crippen LogP contribution in [0.4, 0.5) is 0 Å². The van der Waals surface area contributed by atoms with Gasteiger partial charge >= 0.3 is 0 Å². The first-order chi connectivity index (χ1) is 72.2. The molecule has 0 aliphatic heterocycles. The second-order valence-electron chi connectivity index (χ2n) is 37.3. The van der Waals surface area contributed by atoms with Crippen molar-refractivity contribution in [2.75, 3.05) is 0 Å². The molecule has 18 aromatic carbocycles. The highest BCUT2D eigenvalue weighted by atomic mass is 15.2. The van der Waals surface area contributed by atoms with Gasteiger partial charge < -0.3 is 4.57 Å². The summed E-state index contributed by atoms with van der Waals surface area (Å²) in [5, 5.41) is 11.5. The molecule has 1 aliphatic carbocycles. The van der Waals surface area contributed by atoms with Gasteiger partial charge in [0, 0.05) is 121 Å². The van der Waals surface area contributed by atoms with Crippen LogP contribution in [0.5, 0.6) is 0 Å². The molecule has 0 unspecified atom stereocenters. The standard InChI is InChI=1S/C49H31N7.C43H31N3.C39H25N5/c1-5-17-32(18-6-1)40-31-41(33-19-7-2-8-20-33)51-48(50-40)55-42-27-15-13-25-36(42)38-29-30-39-37-26-14-16-28-43(37)56(45(39)44(38)55)49-53-46(34-21-9-3-10-22-34)52-47(54-49)35-23-11-4-12-24-35;1-43(2)36-19-11-9-17-32(36)34-25-26-35-33-18-10-12-20-39(33)46(41(35)40(34)43)31-23-21-30(22-24-31)42-44-37(28-13-5-3-6-14-28)27-38(45-42)29-15-7-4-8-16-29;1-3-13-26(14-4-1)32-25-33(27-15-5-2-6-16-27)42-39(41-32)44-35-20-10-8-18-29(35)31-23-22-30-28-17-7-9-19-34(28)43(37(30)38(31)44)36-21-11-12-24-40-36/h1-31H;3-27H,1-2H3;1-25H. The second-order valence-corrected chi connectivity index (χ2v) is 37.3. The Morgan fingerprint density at radius 1 is 0.185 bits per heavy atom. The highest BCUT2D eigenvalue weighted by molar-refractivity contribution is 6.26. The number of fused-ring (bicyclic) bond motifs is 21. The number of aromatic nitrogens is 15. The average molecular weight is 1870 g/mol. The summed E-state index contributed by atoms with van der Waals surface area (Å²) in [6.45, 7) is 4.73. The first-order valence-corrected chi connectivity index (χ1v) is 49.2. The van der Waals surface area contributed by atoms with Crippen LogP contribution in [0.1, 0.15) is 25.0 Å². The normalized spacial score (nSPS) is 12.1. The lowest BCUT2D eigenvalue weighted by atomic mass is 9.81. The lowest BCUT2D eigenvalue weighted by Crippen LogP contribution is -2.16. The minimum atomic E-state index is -0.128. The smallest absolute Gasteiger partial charge is 0.238 e. The van der Waals surface area contributed by atoms with Crippen molar-refractivity contribution in [1.29, 1.82) is 0 Å². The summed E-state index contributed by atoms with van der Waals surface area (Å²) in [4.78, 5) is 51.7. The van der Waals surface area contributed by atoms with Crippen molar-refractivity contribution >= 4 is 109 Å². The van der Waals surface area contributed by atoms with E-state index in [2.05, 4.69) is 389 Å². The van der Waals surface area contributed by atoms with Crippen molar-refractivity contribution < 1.29 is 0 Å². The van der Waals surface area contributed by atoms with Gasteiger partial charge in [-0.25, -0.2) is 39.9 Å². The van der Waals surface area contributed by atoms with Crippen LogP contribution >= 0.6 is 0 Å². The number of nitrogens with zero attached hydrogens (tertiary/aromatic N) is 15. The Labute approximate surface area is 840 Å². The van der Waals surface area contributed by atoms with Crippen molar-refractivity contribution in [3.63, 3.8) is 0 Å². The van der Waals surface area contributed by atoms with Crippen LogP contribution in [-0.4, -0.2) is 72.7 Å². The van der Waals surface area contributed by atoms with E-state index < -0.39 is 0 Å². The zero-order chi connectivity index (χ0) is 96.9. The number of hydrogen-bond acceptors (Lipinski definition) is 10. The third-order valence-corrected chi connectivity index (χ3v) is 28.4. The summed E-state index contributed by atoms with van der Waals surface area (Å²) in [6.07, 6.45) is 1.85. The molecule has 0 amide bonds. The Morgan fingerprint density at radius 2 is 0.459 bits per heavy atom. The minimum absolute atomic E-state index is 0.128. The minimum Gasteiger partial charge on any atom is -0.309 e. The van der Waals surface area contributed by atoms with E-state index in [1.807, 2.05) is 140 Å². The van der Waals surface area contributed by atoms with Crippen molar-refractivity contribution in [3.05, 3.63) is 503 Å². The molecular weight excluding hydrogens is 1780 g/mol. The Morgan fingerprint density at radius 3 is 0.822 bits per heavy atom. The first-order valence-electron chi connectivity index (χ1n) is 49.2. The molecule has 10 heterocycles. The Bertz CT molecular complexity index is 9470. The third kappa shape index (κ3) is 14.7. The van der Waals surface area contributed by atoms with Crippen LogP contribution in [0.15, 0.2) is 492 Å². The summed E-state index contributed by atoms with van der Waals surface area (Å²) in [5.41, 5.74) is 31.4. The van der Waals surface area contributed by atoms with Gasteiger partial charge in [0.2, 0.25) is 17.8 Å². The number of pyridine rings is 1. The monoisotopic (exact) mass is 1870 g/mol. The molecule has 0 saturated heterocycles. The largest absolute Gasteiger partial charge is 0.309 e. The topological polar surface area (TPSA) is 154 Å². The van der Waals surface area contributed by atoms with Crippen molar-refractivity contribution in [3.8, 4) is 142 Å². The molecule has 29 rings (SSSR count). The number of para-hydroxylation sites is 5. The molecule has 15 nitrogen and oxygen atoms in total. The summed E-state index contributed by atoms with van der Waals surface area (Å²) in [5.74, 6) is 4.50. The Hall–Kier alpha value is -19.6. The lowest BCUT2D eigenvalue weighted by molar-refractivity contribution is 0.664. The quantitative estimate of drug-likeness (QED) is 0.103. The first kappa shape index (κ1) is 85.5. The van der Waals surface area contributed by atoms with Crippen molar-refractivity contribution in [2.24, 2.45) is 0 Å². The zero-order valence-electron chi connectivity index (χ0n) is 79.5. The molecule has 15 heteroatoms. The molecule has 0 N–H and O–H groups in total. The van der Waals surface area contributed by atoms with Gasteiger partial charge in [-0.2, -0.15) is 9.97 Å². The number of hydrogen-bond donors (Lipinski definition) is 0. The van der Waals surface area contributed by atoms with Crippen LogP contribution < -0.4 is 0 Å². The van der Waals surface area contributed by atoms with Gasteiger partial charge in [-0.1, -0.05) is 414 Å². The van der Waals surface area contributed by atoms with Gasteiger partial charge in [0.05, 0.1) is 89.3 Å². The highest BCUT2D eigenvalue weighted by Gasteiger charge is 2.39. The summed E-state index contributed by atoms with van der Waals surface area (Å²) in [6, 6.07) is 169. The van der Waals surface area contributed by atoms with Gasteiger partial charge in [-0.05, 0) is 107 Å². The predicted molar refractivity (Wildman–Crippen MR) is 595 cm³/mol. The van der Waals surface area contributed by atoms with Crippen LogP contribution in [-0.2, 0) is 5.41 Å². The molecule has 0 radical (unpaired) electrons. The highest BCUT2D eigenvalue weighted by Crippen LogP contribution is 2.54. The van der Waals surface area contributed by atoms with Crippen molar-refractivity contribution in [1.82, 2.24) is 72.7 Å². The lowest BCUT2D eigenvalue weighted by Gasteiger charge is -2.23. The second kappa shape index (κ2) is 35.6. The van der Waals surface area contributed by atoms with Gasteiger partial charge in [0.25, 0.3) is 0 Å². The van der Waals surface area contributed by atoms with Gasteiger partial charge in [-0.15, -0.1) is 0 Å². The fourth-order valence-corrected chi connectivity index (χ4v) is 21.8. The SMILES string of the molecule is CC1(C)c2ccccc2-c2ccc3c4ccccc4n(-c4ccc(-c5nc(-c6ccccc6)cc(-c6ccccc6)n5)cc4)c3c21.c1ccc(-c2cc(-c3ccccc3)nc(-n3c4ccccc4c4ccc5c6ccccc6n(-c6ccccn6)c5c43)n2)cc1.c1ccc(-c2cc(-c3ccccc3)nc(-n3c4ccccc4c4ccc5c6ccccc6n(-c6nc(-c7ccccc7)nc(-c7ccccc7)n6)c5c43)n2)cc1. The van der Waals surface area contributed by atoms with E-state index in [1.54, 1.807) is 0 Å². The van der Waals surface area contributed by atoms with Gasteiger partial charge in [0.15, 0.2) is 17.5 Å². The molecule has 0 bridgehead atoms. The Kier molecular flexibility index (Phi) is 20.9. The molecule has 686 valence electrons. The zero-order valence-corrected chi connectivity index (χ0v) is 79.5. The van der Waals surface area contributed by atoms with Crippen LogP contribution in [0.2, 0.25) is 0 Å². The fraction of sp³-hybridized carbons (Fsp3) is 0.0229. The maximum atomic E-state index is 5.34. The van der Waals surface area contributed by atoms with E-state index in [0.717, 1.165) is 178 Å². The van der Waals surface area contributed by atoms with Crippen LogP contribution in [0, 0.1) is 0 Å². The van der Waals surface area contributed by atoms with E-state index in [-0.39, 0.29) is 5.41 Å². The van der Waals surface area contributed by atoms with E-state index in [0.29, 0.717) is 35.3 Å². The predicted octanol–water partition coefficient (Wildman–Crippen LogP) is 31.8. The fourth-order valence-electron chi connectivity index (χ4n) is 21.8. The molecule has 10 aromatic heterocycles. The van der Waals surface area contributed by atoms with Crippen LogP contribution in [0.25, 0.3) is 251 Å². The van der Waals surface area contributed by atoms with Gasteiger partial charge in [-0.3, -0.25) is 18.3 Å². The number of benzene rings is 18. The number of rotatable bonds is 14. The van der Waals surface area contributed by atoms with E-state index in [4.69, 9.17) is 49.8 Å². The molecule has 0 saturated carbocycles. The molecule has 0 atom stereocenters. The summed E-state index contributed by atoms with van der Waals surface area (Å²) in [7, 11) is 0. The third-order valence-electron chi connectivity index (χ3n) is 28.4. The van der Waals surface area contributed by atoms with E-state index in [9.17, 15) is 0 Å². The summed E-state index contributed by atoms with van der Waals surface area (Å²) >= 11 is 0. The van der Waals surface area contributed by atoms with Crippen molar-refractivity contribution in [2.45, 2.75) is 19.3 Å². The van der Waals surface area contributed by atoms with Crippen LogP contribution in [0.3, 0.4) is 0 Å². The molecule has 146 heavy (non-hydrogen) atoms. The maximum Gasteiger partial charge on any atom is 0.238 e. The Balaban J connectivity index is 0.000000110. The molecule has 0 fully saturated rings. The van der Waals surface area contributed by atoms with E-state index in [1.165, 1.54) is 49.4 Å². The van der Waals surface area contributed by atoms with E-state index >= 15 is 0 Å². The molecule has 1 aliphatic rings. The maximum absolute atomic E-state index is 5.34. The molecule has 0 spiro atoms. The van der Waals surface area contributed by atoms with Gasteiger partial charge in [0.1, 0.15) is 5.82 Å². The summed E-state index contributed by atoms with van der Waals surface area (Å²) < 4.78 is 11.4. The average Bonchev–Trinajstić information content (AvgIpc) is 1.55. The molecular formula is C131H87N15. The molecule has 28 aromatic rings.